The van der Waals surface area contributed by atoms with Crippen molar-refractivity contribution in [2.24, 2.45) is 0 Å². The SMILES string of the molecule is Cc1nc(N2CCN(CC(O)CN(C)C)CC2)nc2cc3c(cc12)CCC3. The topological polar surface area (TPSA) is 55.7 Å². The molecule has 6 heteroatoms. The van der Waals surface area contributed by atoms with Crippen LogP contribution in [0.4, 0.5) is 5.95 Å². The van der Waals surface area contributed by atoms with Crippen LogP contribution in [0.5, 0.6) is 0 Å². The van der Waals surface area contributed by atoms with Gasteiger partial charge in [-0.2, -0.15) is 0 Å². The Morgan fingerprint density at radius 2 is 1.78 bits per heavy atom. The van der Waals surface area contributed by atoms with E-state index in [2.05, 4.69) is 28.9 Å². The third kappa shape index (κ3) is 4.08. The Labute approximate surface area is 161 Å². The zero-order valence-corrected chi connectivity index (χ0v) is 16.8. The highest BCUT2D eigenvalue weighted by molar-refractivity contribution is 5.84. The predicted molar refractivity (Wildman–Crippen MR) is 110 cm³/mol. The zero-order valence-electron chi connectivity index (χ0n) is 16.8. The van der Waals surface area contributed by atoms with E-state index in [-0.39, 0.29) is 6.10 Å². The Balaban J connectivity index is 1.45. The van der Waals surface area contributed by atoms with Crippen molar-refractivity contribution in [1.29, 1.82) is 0 Å². The van der Waals surface area contributed by atoms with Gasteiger partial charge in [0, 0.05) is 44.7 Å². The van der Waals surface area contributed by atoms with Crippen molar-refractivity contribution in [3.8, 4) is 0 Å². The van der Waals surface area contributed by atoms with Crippen molar-refractivity contribution < 1.29 is 5.11 Å². The summed E-state index contributed by atoms with van der Waals surface area (Å²) in [4.78, 5) is 16.4. The van der Waals surface area contributed by atoms with Crippen LogP contribution in [0.1, 0.15) is 23.2 Å². The van der Waals surface area contributed by atoms with E-state index < -0.39 is 0 Å². The molecule has 2 aromatic rings. The average Bonchev–Trinajstić information content (AvgIpc) is 3.07. The number of hydrogen-bond acceptors (Lipinski definition) is 6. The molecule has 1 N–H and O–H groups in total. The van der Waals surface area contributed by atoms with Crippen molar-refractivity contribution in [3.63, 3.8) is 0 Å². The quantitative estimate of drug-likeness (QED) is 0.861. The first kappa shape index (κ1) is 18.6. The number of aryl methyl sites for hydroxylation is 3. The maximum absolute atomic E-state index is 10.2. The minimum Gasteiger partial charge on any atom is -0.390 e. The normalized spacial score (nSPS) is 19.1. The minimum atomic E-state index is -0.298. The van der Waals surface area contributed by atoms with E-state index in [4.69, 9.17) is 9.97 Å². The molecule has 0 bridgehead atoms. The van der Waals surface area contributed by atoms with Crippen LogP contribution >= 0.6 is 0 Å². The molecule has 2 heterocycles. The van der Waals surface area contributed by atoms with Gasteiger partial charge in [-0.15, -0.1) is 0 Å². The highest BCUT2D eigenvalue weighted by atomic mass is 16.3. The Hall–Kier alpha value is -1.76. The number of nitrogens with zero attached hydrogens (tertiary/aromatic N) is 5. The van der Waals surface area contributed by atoms with Crippen LogP contribution in [0, 0.1) is 6.92 Å². The number of aromatic nitrogens is 2. The summed E-state index contributed by atoms with van der Waals surface area (Å²) in [6, 6.07) is 4.59. The molecular weight excluding hydrogens is 338 g/mol. The van der Waals surface area contributed by atoms with E-state index >= 15 is 0 Å². The van der Waals surface area contributed by atoms with Gasteiger partial charge in [0.25, 0.3) is 0 Å². The first-order valence-corrected chi connectivity index (χ1v) is 10.1. The largest absolute Gasteiger partial charge is 0.390 e. The number of hydrogen-bond donors (Lipinski definition) is 1. The Bertz CT molecular complexity index is 814. The molecule has 0 radical (unpaired) electrons. The molecule has 1 fully saturated rings. The molecule has 6 nitrogen and oxygen atoms in total. The lowest BCUT2D eigenvalue weighted by atomic mass is 10.1. The minimum absolute atomic E-state index is 0.298. The van der Waals surface area contributed by atoms with Crippen LogP contribution in [0.3, 0.4) is 0 Å². The van der Waals surface area contributed by atoms with Gasteiger partial charge in [-0.25, -0.2) is 9.97 Å². The molecule has 0 saturated carbocycles. The first-order valence-electron chi connectivity index (χ1n) is 10.1. The van der Waals surface area contributed by atoms with E-state index in [1.54, 1.807) is 0 Å². The van der Waals surface area contributed by atoms with E-state index in [9.17, 15) is 5.11 Å². The van der Waals surface area contributed by atoms with Gasteiger partial charge in [0.05, 0.1) is 17.3 Å². The molecule has 2 aliphatic rings. The van der Waals surface area contributed by atoms with Crippen molar-refractivity contribution in [2.75, 3.05) is 58.3 Å². The molecular formula is C21H31N5O. The van der Waals surface area contributed by atoms with Crippen molar-refractivity contribution in [1.82, 2.24) is 19.8 Å². The molecule has 1 saturated heterocycles. The molecule has 27 heavy (non-hydrogen) atoms. The number of benzene rings is 1. The van der Waals surface area contributed by atoms with Crippen molar-refractivity contribution in [3.05, 3.63) is 29.0 Å². The second-order valence-electron chi connectivity index (χ2n) is 8.30. The van der Waals surface area contributed by atoms with E-state index in [1.807, 2.05) is 19.0 Å². The fraction of sp³-hybridized carbons (Fsp3) is 0.619. The summed E-state index contributed by atoms with van der Waals surface area (Å²) >= 11 is 0. The molecule has 1 unspecified atom stereocenters. The summed E-state index contributed by atoms with van der Waals surface area (Å²) in [6.07, 6.45) is 3.33. The number of rotatable bonds is 5. The first-order chi connectivity index (χ1) is 13.0. The summed E-state index contributed by atoms with van der Waals surface area (Å²) in [5.74, 6) is 0.853. The van der Waals surface area contributed by atoms with Crippen LogP contribution in [0.15, 0.2) is 12.1 Å². The van der Waals surface area contributed by atoms with Crippen molar-refractivity contribution >= 4 is 16.9 Å². The number of likely N-dealkylation sites (N-methyl/N-ethyl adjacent to an activating group) is 1. The van der Waals surface area contributed by atoms with E-state index in [0.29, 0.717) is 6.54 Å². The summed E-state index contributed by atoms with van der Waals surface area (Å²) in [5.41, 5.74) is 5.11. The number of aliphatic hydroxyl groups is 1. The molecule has 146 valence electrons. The Kier molecular flexibility index (Phi) is 5.30. The highest BCUT2D eigenvalue weighted by Crippen LogP contribution is 2.29. The van der Waals surface area contributed by atoms with E-state index in [0.717, 1.165) is 49.9 Å². The van der Waals surface area contributed by atoms with Crippen LogP contribution in [-0.4, -0.2) is 84.3 Å². The lowest BCUT2D eigenvalue weighted by Gasteiger charge is -2.36. The third-order valence-corrected chi connectivity index (χ3v) is 5.79. The van der Waals surface area contributed by atoms with Gasteiger partial charge in [-0.3, -0.25) is 4.90 Å². The summed E-state index contributed by atoms with van der Waals surface area (Å²) in [6.45, 7) is 7.23. The molecule has 4 rings (SSSR count). The second-order valence-corrected chi connectivity index (χ2v) is 8.30. The summed E-state index contributed by atoms with van der Waals surface area (Å²) in [5, 5.41) is 11.4. The van der Waals surface area contributed by atoms with Gasteiger partial charge in [-0.05, 0) is 63.5 Å². The molecule has 1 aromatic carbocycles. The lowest BCUT2D eigenvalue weighted by Crippen LogP contribution is -2.50. The van der Waals surface area contributed by atoms with Gasteiger partial charge in [-0.1, -0.05) is 0 Å². The van der Waals surface area contributed by atoms with E-state index in [1.165, 1.54) is 35.8 Å². The van der Waals surface area contributed by atoms with Gasteiger partial charge in [0.15, 0.2) is 0 Å². The van der Waals surface area contributed by atoms with Gasteiger partial charge in [0.1, 0.15) is 0 Å². The molecule has 1 aliphatic heterocycles. The Morgan fingerprint density at radius 1 is 1.07 bits per heavy atom. The zero-order chi connectivity index (χ0) is 19.0. The van der Waals surface area contributed by atoms with Crippen LogP contribution in [-0.2, 0) is 12.8 Å². The molecule has 0 amide bonds. The third-order valence-electron chi connectivity index (χ3n) is 5.79. The summed E-state index contributed by atoms with van der Waals surface area (Å²) < 4.78 is 0. The maximum Gasteiger partial charge on any atom is 0.226 e. The number of anilines is 1. The summed E-state index contributed by atoms with van der Waals surface area (Å²) in [7, 11) is 3.99. The molecule has 0 spiro atoms. The van der Waals surface area contributed by atoms with Gasteiger partial charge < -0.3 is 14.9 Å². The fourth-order valence-corrected chi connectivity index (χ4v) is 4.39. The number of aliphatic hydroxyl groups excluding tert-OH is 1. The Morgan fingerprint density at radius 3 is 2.48 bits per heavy atom. The fourth-order valence-electron chi connectivity index (χ4n) is 4.39. The molecule has 1 atom stereocenters. The predicted octanol–water partition coefficient (Wildman–Crippen LogP) is 1.47. The smallest absolute Gasteiger partial charge is 0.226 e. The average molecular weight is 370 g/mol. The van der Waals surface area contributed by atoms with Gasteiger partial charge in [0.2, 0.25) is 5.95 Å². The number of fused-ring (bicyclic) bond motifs is 2. The van der Waals surface area contributed by atoms with Gasteiger partial charge >= 0.3 is 0 Å². The van der Waals surface area contributed by atoms with Crippen molar-refractivity contribution in [2.45, 2.75) is 32.3 Å². The highest BCUT2D eigenvalue weighted by Gasteiger charge is 2.22. The lowest BCUT2D eigenvalue weighted by molar-refractivity contribution is 0.0859. The molecule has 1 aromatic heterocycles. The maximum atomic E-state index is 10.2. The molecule has 1 aliphatic carbocycles. The standard InChI is InChI=1S/C21H31N5O/c1-15-19-11-16-5-4-6-17(16)12-20(19)23-21(22-15)26-9-7-25(8-10-26)14-18(27)13-24(2)3/h11-12,18,27H,4-10,13-14H2,1-3H3. The number of β-amino-alcohol motifs (C(OH)–C–C–N with tert-alkyl or cyclic N) is 1. The van der Waals surface area contributed by atoms with Crippen LogP contribution in [0.2, 0.25) is 0 Å². The van der Waals surface area contributed by atoms with Crippen LogP contribution < -0.4 is 4.90 Å². The number of piperazine rings is 1. The second kappa shape index (κ2) is 7.70. The monoisotopic (exact) mass is 369 g/mol. The van der Waals surface area contributed by atoms with Crippen LogP contribution in [0.25, 0.3) is 10.9 Å².